The van der Waals surface area contributed by atoms with E-state index in [1.165, 1.54) is 41.1 Å². The molecule has 31 heavy (non-hydrogen) atoms. The normalized spacial score (nSPS) is 10.7. The highest BCUT2D eigenvalue weighted by Gasteiger charge is 2.15. The summed E-state index contributed by atoms with van der Waals surface area (Å²) in [6, 6.07) is 6.76. The van der Waals surface area contributed by atoms with Crippen molar-refractivity contribution in [3.63, 3.8) is 0 Å². The van der Waals surface area contributed by atoms with Crippen LogP contribution < -0.4 is 21.3 Å². The molecule has 0 aliphatic heterocycles. The zero-order valence-corrected chi connectivity index (χ0v) is 17.9. The number of pyridine rings is 1. The van der Waals surface area contributed by atoms with Gasteiger partial charge < -0.3 is 20.4 Å². The lowest BCUT2D eigenvalue weighted by Gasteiger charge is -2.12. The van der Waals surface area contributed by atoms with E-state index in [4.69, 9.17) is 33.7 Å². The number of hydrogen-bond donors (Lipinski definition) is 2. The zero-order valence-electron chi connectivity index (χ0n) is 16.4. The molecule has 8 nitrogen and oxygen atoms in total. The Labute approximate surface area is 186 Å². The number of anilines is 2. The number of nitrogens with one attached hydrogen (secondary N) is 1. The minimum atomic E-state index is -0.584. The topological polar surface area (TPSA) is 112 Å². The van der Waals surface area contributed by atoms with Crippen molar-refractivity contribution in [2.75, 3.05) is 17.7 Å². The predicted molar refractivity (Wildman–Crippen MR) is 116 cm³/mol. The van der Waals surface area contributed by atoms with Crippen LogP contribution in [0.15, 0.2) is 41.3 Å². The third-order valence-corrected chi connectivity index (χ3v) is 5.11. The van der Waals surface area contributed by atoms with Gasteiger partial charge in [0.1, 0.15) is 5.82 Å². The van der Waals surface area contributed by atoms with E-state index in [1.807, 2.05) is 6.92 Å². The van der Waals surface area contributed by atoms with Gasteiger partial charge in [-0.2, -0.15) is 0 Å². The van der Waals surface area contributed by atoms with E-state index < -0.39 is 11.7 Å². The monoisotopic (exact) mass is 465 g/mol. The van der Waals surface area contributed by atoms with E-state index in [0.29, 0.717) is 22.8 Å². The van der Waals surface area contributed by atoms with Crippen LogP contribution in [0.3, 0.4) is 0 Å². The Balaban J connectivity index is 1.71. The first kappa shape index (κ1) is 22.5. The van der Waals surface area contributed by atoms with Crippen LogP contribution in [0, 0.1) is 5.82 Å². The van der Waals surface area contributed by atoms with Crippen molar-refractivity contribution in [3.05, 3.63) is 74.0 Å². The Bertz CT molecular complexity index is 1190. The van der Waals surface area contributed by atoms with Crippen LogP contribution in [0.5, 0.6) is 5.75 Å². The minimum absolute atomic E-state index is 0.0208. The molecule has 3 N–H and O–H groups in total. The number of ether oxygens (including phenoxy) is 1. The van der Waals surface area contributed by atoms with Gasteiger partial charge >= 0.3 is 0 Å². The summed E-state index contributed by atoms with van der Waals surface area (Å²) in [6.45, 7) is 2.33. The van der Waals surface area contributed by atoms with Gasteiger partial charge in [-0.1, -0.05) is 23.2 Å². The number of carbonyl (C=O) groups excluding carboxylic acids is 1. The van der Waals surface area contributed by atoms with Gasteiger partial charge in [0.15, 0.2) is 17.3 Å². The van der Waals surface area contributed by atoms with Gasteiger partial charge in [-0.25, -0.2) is 4.39 Å². The lowest BCUT2D eigenvalue weighted by molar-refractivity contribution is 0.102. The molecule has 0 unspecified atom stereocenters. The molecule has 0 saturated carbocycles. The van der Waals surface area contributed by atoms with Crippen molar-refractivity contribution < 1.29 is 13.9 Å². The van der Waals surface area contributed by atoms with Gasteiger partial charge in [-0.05, 0) is 30.7 Å². The van der Waals surface area contributed by atoms with Crippen LogP contribution in [0.4, 0.5) is 15.9 Å². The summed E-state index contributed by atoms with van der Waals surface area (Å²) in [6.07, 6.45) is 1.73. The first-order valence-corrected chi connectivity index (χ1v) is 9.96. The van der Waals surface area contributed by atoms with Crippen LogP contribution in [0.1, 0.15) is 23.0 Å². The molecule has 3 aromatic rings. The number of hydrogen-bond acceptors (Lipinski definition) is 6. The van der Waals surface area contributed by atoms with Crippen molar-refractivity contribution in [3.8, 4) is 5.75 Å². The van der Waals surface area contributed by atoms with E-state index in [2.05, 4.69) is 15.5 Å². The summed E-state index contributed by atoms with van der Waals surface area (Å²) in [5.41, 5.74) is 6.38. The quantitative estimate of drug-likeness (QED) is 0.515. The number of amides is 1. The van der Waals surface area contributed by atoms with E-state index in [0.717, 1.165) is 0 Å². The SMILES string of the molecule is CCn1cc(NC(=O)c2cc(OCCc3c(Cl)ccc(F)c3Cl)c(N)nn2)ccc1=O. The Kier molecular flexibility index (Phi) is 7.09. The Hall–Kier alpha value is -3.17. The number of nitrogens with two attached hydrogens (primary N) is 1. The van der Waals surface area contributed by atoms with Gasteiger partial charge in [0.25, 0.3) is 11.5 Å². The average molecular weight is 466 g/mol. The number of halogens is 3. The molecule has 0 spiro atoms. The number of aryl methyl sites for hydroxylation is 1. The first-order valence-electron chi connectivity index (χ1n) is 9.20. The lowest BCUT2D eigenvalue weighted by atomic mass is 10.1. The van der Waals surface area contributed by atoms with E-state index >= 15 is 0 Å². The molecule has 3 rings (SSSR count). The number of nitrogens with zero attached hydrogens (tertiary/aromatic N) is 3. The number of carbonyl (C=O) groups is 1. The summed E-state index contributed by atoms with van der Waals surface area (Å²) >= 11 is 12.0. The Morgan fingerprint density at radius 1 is 1.26 bits per heavy atom. The van der Waals surface area contributed by atoms with Gasteiger partial charge in [-0.15, -0.1) is 10.2 Å². The number of aromatic nitrogens is 3. The maximum absolute atomic E-state index is 13.6. The molecule has 1 aromatic carbocycles. The molecule has 2 heterocycles. The Morgan fingerprint density at radius 2 is 2.03 bits per heavy atom. The second-order valence-electron chi connectivity index (χ2n) is 6.40. The van der Waals surface area contributed by atoms with Crippen LogP contribution in [-0.4, -0.2) is 27.3 Å². The highest BCUT2D eigenvalue weighted by molar-refractivity contribution is 6.36. The summed E-state index contributed by atoms with van der Waals surface area (Å²) in [4.78, 5) is 24.2. The molecule has 2 aromatic heterocycles. The predicted octanol–water partition coefficient (Wildman–Crippen LogP) is 3.56. The molecule has 0 bridgehead atoms. The molecule has 11 heteroatoms. The standard InChI is InChI=1S/C20H18Cl2FN5O3/c1-2-28-10-11(3-6-17(28)29)25-20(30)15-9-16(19(24)27-26-15)31-8-7-12-13(21)4-5-14(23)18(12)22/h3-6,9-10H,2,7-8H2,1H3,(H2,24,27)(H,25,30). The first-order chi connectivity index (χ1) is 14.8. The summed E-state index contributed by atoms with van der Waals surface area (Å²) in [5, 5.41) is 10.4. The molecule has 162 valence electrons. The van der Waals surface area contributed by atoms with Crippen LogP contribution in [0.2, 0.25) is 10.0 Å². The second kappa shape index (κ2) is 9.76. The maximum atomic E-state index is 13.6. The van der Waals surface area contributed by atoms with Crippen LogP contribution in [-0.2, 0) is 13.0 Å². The number of rotatable bonds is 7. The van der Waals surface area contributed by atoms with Crippen molar-refractivity contribution >= 4 is 40.6 Å². The molecule has 0 aliphatic rings. The van der Waals surface area contributed by atoms with E-state index in [-0.39, 0.29) is 40.9 Å². The zero-order chi connectivity index (χ0) is 22.5. The van der Waals surface area contributed by atoms with Crippen LogP contribution in [0.25, 0.3) is 0 Å². The summed E-state index contributed by atoms with van der Waals surface area (Å²) in [5.74, 6) is -1.04. The molecule has 0 aliphatic carbocycles. The lowest BCUT2D eigenvalue weighted by Crippen LogP contribution is -2.20. The van der Waals surface area contributed by atoms with Gasteiger partial charge in [-0.3, -0.25) is 9.59 Å². The van der Waals surface area contributed by atoms with Crippen molar-refractivity contribution in [2.45, 2.75) is 19.9 Å². The van der Waals surface area contributed by atoms with Crippen molar-refractivity contribution in [1.29, 1.82) is 0 Å². The van der Waals surface area contributed by atoms with Gasteiger partial charge in [0.2, 0.25) is 0 Å². The van der Waals surface area contributed by atoms with E-state index in [9.17, 15) is 14.0 Å². The highest BCUT2D eigenvalue weighted by atomic mass is 35.5. The molecular weight excluding hydrogens is 448 g/mol. The molecule has 0 saturated heterocycles. The van der Waals surface area contributed by atoms with E-state index in [1.54, 1.807) is 0 Å². The minimum Gasteiger partial charge on any atom is -0.489 e. The van der Waals surface area contributed by atoms with Gasteiger partial charge in [0, 0.05) is 36.3 Å². The van der Waals surface area contributed by atoms with Crippen LogP contribution >= 0.6 is 23.2 Å². The van der Waals surface area contributed by atoms with Crippen molar-refractivity contribution in [1.82, 2.24) is 14.8 Å². The molecule has 0 radical (unpaired) electrons. The molecular formula is C20H18Cl2FN5O3. The third-order valence-electron chi connectivity index (χ3n) is 4.35. The fourth-order valence-electron chi connectivity index (χ4n) is 2.72. The fraction of sp³-hybridized carbons (Fsp3) is 0.200. The molecule has 0 atom stereocenters. The second-order valence-corrected chi connectivity index (χ2v) is 7.18. The Morgan fingerprint density at radius 3 is 2.77 bits per heavy atom. The number of nitrogen functional groups attached to an aromatic ring is 1. The smallest absolute Gasteiger partial charge is 0.276 e. The van der Waals surface area contributed by atoms with Crippen molar-refractivity contribution in [2.24, 2.45) is 0 Å². The summed E-state index contributed by atoms with van der Waals surface area (Å²) in [7, 11) is 0. The molecule has 1 amide bonds. The highest BCUT2D eigenvalue weighted by Crippen LogP contribution is 2.28. The summed E-state index contributed by atoms with van der Waals surface area (Å²) < 4.78 is 20.7. The molecule has 0 fully saturated rings. The average Bonchev–Trinajstić information content (AvgIpc) is 2.75. The maximum Gasteiger partial charge on any atom is 0.276 e. The largest absolute Gasteiger partial charge is 0.489 e. The third kappa shape index (κ3) is 5.31. The van der Waals surface area contributed by atoms with Gasteiger partial charge in [0.05, 0.1) is 17.3 Å². The number of benzene rings is 1. The fourth-order valence-corrected chi connectivity index (χ4v) is 3.28.